The third-order valence-corrected chi connectivity index (χ3v) is 7.37. The van der Waals surface area contributed by atoms with Gasteiger partial charge in [-0.3, -0.25) is 9.59 Å². The fourth-order valence-corrected chi connectivity index (χ4v) is 5.24. The Bertz CT molecular complexity index is 791. The van der Waals surface area contributed by atoms with Gasteiger partial charge in [0.05, 0.1) is 10.6 Å². The van der Waals surface area contributed by atoms with Gasteiger partial charge >= 0.3 is 0 Å². The van der Waals surface area contributed by atoms with E-state index in [1.165, 1.54) is 0 Å². The summed E-state index contributed by atoms with van der Waals surface area (Å²) < 4.78 is 30.5. The maximum Gasteiger partial charge on any atom is 0.223 e. The number of amides is 2. The second kappa shape index (κ2) is 10.2. The summed E-state index contributed by atoms with van der Waals surface area (Å²) >= 11 is 0. The zero-order valence-electron chi connectivity index (χ0n) is 16.8. The first-order valence-corrected chi connectivity index (χ1v) is 12.1. The fraction of sp³-hybridized carbons (Fsp3) is 0.619. The molecule has 0 saturated carbocycles. The van der Waals surface area contributed by atoms with E-state index in [1.54, 1.807) is 30.3 Å². The Balaban J connectivity index is 1.58. The number of benzene rings is 1. The summed E-state index contributed by atoms with van der Waals surface area (Å²) in [5, 5.41) is 0. The second-order valence-electron chi connectivity index (χ2n) is 7.65. The van der Waals surface area contributed by atoms with E-state index < -0.39 is 9.84 Å². The Hall–Kier alpha value is -1.93. The largest absolute Gasteiger partial charge is 0.381 e. The Labute approximate surface area is 172 Å². The van der Waals surface area contributed by atoms with Crippen LogP contribution in [0.5, 0.6) is 0 Å². The van der Waals surface area contributed by atoms with Crippen molar-refractivity contribution in [1.82, 2.24) is 9.80 Å². The maximum absolute atomic E-state index is 13.0. The first-order valence-electron chi connectivity index (χ1n) is 10.4. The molecule has 0 radical (unpaired) electrons. The predicted octanol–water partition coefficient (Wildman–Crippen LogP) is 1.87. The van der Waals surface area contributed by atoms with E-state index in [0.717, 1.165) is 25.8 Å². The molecule has 0 aromatic heterocycles. The molecule has 160 valence electrons. The molecule has 0 unspecified atom stereocenters. The van der Waals surface area contributed by atoms with Gasteiger partial charge in [-0.15, -0.1) is 0 Å². The van der Waals surface area contributed by atoms with Gasteiger partial charge in [0.15, 0.2) is 9.84 Å². The Morgan fingerprint density at radius 1 is 1.17 bits per heavy atom. The number of hydrogen-bond donors (Lipinski definition) is 0. The van der Waals surface area contributed by atoms with Crippen LogP contribution in [0.3, 0.4) is 0 Å². The van der Waals surface area contributed by atoms with Crippen LogP contribution in [-0.2, 0) is 24.2 Å². The SMILES string of the molecule is O=C1CCCN1CCCN(C(=O)CCS(=O)(=O)c1ccccc1)C1CCOCC1. The summed E-state index contributed by atoms with van der Waals surface area (Å²) in [6, 6.07) is 8.32. The molecule has 2 fully saturated rings. The average molecular weight is 423 g/mol. The Morgan fingerprint density at radius 2 is 1.90 bits per heavy atom. The van der Waals surface area contributed by atoms with Gasteiger partial charge in [0.25, 0.3) is 0 Å². The molecule has 29 heavy (non-hydrogen) atoms. The molecule has 1 aromatic rings. The lowest BCUT2D eigenvalue weighted by atomic mass is 10.1. The topological polar surface area (TPSA) is 84.0 Å². The first-order chi connectivity index (χ1) is 14.0. The van der Waals surface area contributed by atoms with Crippen LogP contribution < -0.4 is 0 Å². The third-order valence-electron chi connectivity index (χ3n) is 5.64. The summed E-state index contributed by atoms with van der Waals surface area (Å²) in [5.41, 5.74) is 0. The average Bonchev–Trinajstić information content (AvgIpc) is 3.15. The molecular formula is C21H30N2O5S. The number of sulfone groups is 1. The minimum absolute atomic E-state index is 0.0305. The van der Waals surface area contributed by atoms with E-state index in [9.17, 15) is 18.0 Å². The number of hydrogen-bond acceptors (Lipinski definition) is 5. The van der Waals surface area contributed by atoms with Gasteiger partial charge in [-0.05, 0) is 37.8 Å². The number of rotatable bonds is 9. The van der Waals surface area contributed by atoms with Crippen LogP contribution in [0.25, 0.3) is 0 Å². The van der Waals surface area contributed by atoms with Crippen LogP contribution in [0.4, 0.5) is 0 Å². The van der Waals surface area contributed by atoms with Crippen LogP contribution in [0.1, 0.15) is 38.5 Å². The predicted molar refractivity (Wildman–Crippen MR) is 109 cm³/mol. The summed E-state index contributed by atoms with van der Waals surface area (Å²) in [7, 11) is -3.49. The monoisotopic (exact) mass is 422 g/mol. The van der Waals surface area contributed by atoms with Gasteiger partial charge in [0, 0.05) is 51.7 Å². The number of ether oxygens (including phenoxy) is 1. The van der Waals surface area contributed by atoms with Gasteiger partial charge in [-0.2, -0.15) is 0 Å². The number of carbonyl (C=O) groups is 2. The smallest absolute Gasteiger partial charge is 0.223 e. The highest BCUT2D eigenvalue weighted by molar-refractivity contribution is 7.91. The standard InChI is InChI=1S/C21H30N2O5S/c24-20-8-4-12-22(20)13-5-14-23(18-9-15-28-16-10-18)21(25)11-17-29(26,27)19-6-2-1-3-7-19/h1-3,6-7,18H,4-5,8-17H2. The maximum atomic E-state index is 13.0. The van der Waals surface area contributed by atoms with Crippen molar-refractivity contribution in [1.29, 1.82) is 0 Å². The molecule has 2 saturated heterocycles. The van der Waals surface area contributed by atoms with Crippen LogP contribution in [-0.4, -0.2) is 74.7 Å². The van der Waals surface area contributed by atoms with Gasteiger partial charge in [-0.1, -0.05) is 18.2 Å². The highest BCUT2D eigenvalue weighted by atomic mass is 32.2. The fourth-order valence-electron chi connectivity index (χ4n) is 3.99. The molecular weight excluding hydrogens is 392 g/mol. The second-order valence-corrected chi connectivity index (χ2v) is 9.76. The van der Waals surface area contributed by atoms with Crippen molar-refractivity contribution in [2.75, 3.05) is 38.6 Å². The van der Waals surface area contributed by atoms with Gasteiger partial charge in [-0.25, -0.2) is 8.42 Å². The van der Waals surface area contributed by atoms with Crippen molar-refractivity contribution < 1.29 is 22.7 Å². The van der Waals surface area contributed by atoms with Crippen LogP contribution >= 0.6 is 0 Å². The van der Waals surface area contributed by atoms with E-state index >= 15 is 0 Å². The van der Waals surface area contributed by atoms with Gasteiger partial charge in [0.2, 0.25) is 11.8 Å². The van der Waals surface area contributed by atoms with Crippen LogP contribution in [0, 0.1) is 0 Å². The van der Waals surface area contributed by atoms with Crippen LogP contribution in [0.15, 0.2) is 35.2 Å². The zero-order valence-corrected chi connectivity index (χ0v) is 17.6. The normalized spacial score (nSPS) is 18.2. The molecule has 1 aromatic carbocycles. The zero-order chi connectivity index (χ0) is 20.7. The third kappa shape index (κ3) is 6.02. The molecule has 3 rings (SSSR count). The number of carbonyl (C=O) groups excluding carboxylic acids is 2. The Kier molecular flexibility index (Phi) is 7.66. The lowest BCUT2D eigenvalue weighted by Crippen LogP contribution is -2.45. The lowest BCUT2D eigenvalue weighted by Gasteiger charge is -2.35. The van der Waals surface area contributed by atoms with E-state index in [0.29, 0.717) is 39.1 Å². The lowest BCUT2D eigenvalue weighted by molar-refractivity contribution is -0.135. The Morgan fingerprint density at radius 3 is 2.55 bits per heavy atom. The first kappa shape index (κ1) is 21.8. The van der Waals surface area contributed by atoms with Gasteiger partial charge < -0.3 is 14.5 Å². The minimum atomic E-state index is -3.49. The van der Waals surface area contributed by atoms with Crippen molar-refractivity contribution in [2.24, 2.45) is 0 Å². The van der Waals surface area contributed by atoms with E-state index in [4.69, 9.17) is 4.74 Å². The van der Waals surface area contributed by atoms with E-state index in [1.807, 2.05) is 9.80 Å². The number of likely N-dealkylation sites (tertiary alicyclic amines) is 1. The molecule has 7 nitrogen and oxygen atoms in total. The summed E-state index contributed by atoms with van der Waals surface area (Å²) in [6.45, 7) is 3.20. The molecule has 0 N–H and O–H groups in total. The van der Waals surface area contributed by atoms with Crippen molar-refractivity contribution in [3.63, 3.8) is 0 Å². The quantitative estimate of drug-likeness (QED) is 0.607. The van der Waals surface area contributed by atoms with Crippen molar-refractivity contribution in [3.8, 4) is 0 Å². The molecule has 2 heterocycles. The molecule has 0 atom stereocenters. The summed E-state index contributed by atoms with van der Waals surface area (Å²) in [6.07, 6.45) is 3.72. The molecule has 2 aliphatic heterocycles. The number of nitrogens with zero attached hydrogens (tertiary/aromatic N) is 2. The molecule has 0 aliphatic carbocycles. The van der Waals surface area contributed by atoms with Crippen molar-refractivity contribution in [2.45, 2.75) is 49.5 Å². The van der Waals surface area contributed by atoms with Crippen LogP contribution in [0.2, 0.25) is 0 Å². The molecule has 2 amide bonds. The highest BCUT2D eigenvalue weighted by Crippen LogP contribution is 2.19. The highest BCUT2D eigenvalue weighted by Gasteiger charge is 2.27. The minimum Gasteiger partial charge on any atom is -0.381 e. The van der Waals surface area contributed by atoms with Crippen molar-refractivity contribution >= 4 is 21.7 Å². The molecule has 2 aliphatic rings. The van der Waals surface area contributed by atoms with E-state index in [-0.39, 0.29) is 34.9 Å². The van der Waals surface area contributed by atoms with Gasteiger partial charge in [0.1, 0.15) is 0 Å². The molecule has 0 spiro atoms. The van der Waals surface area contributed by atoms with Crippen molar-refractivity contribution in [3.05, 3.63) is 30.3 Å². The van der Waals surface area contributed by atoms with E-state index in [2.05, 4.69) is 0 Å². The summed E-state index contributed by atoms with van der Waals surface area (Å²) in [5.74, 6) is -0.146. The molecule has 0 bridgehead atoms. The summed E-state index contributed by atoms with van der Waals surface area (Å²) in [4.78, 5) is 28.7. The molecule has 8 heteroatoms.